The number of aromatic nitrogens is 2. The van der Waals surface area contributed by atoms with Crippen LogP contribution >= 0.6 is 0 Å². The molecule has 0 bridgehead atoms. The normalized spacial score (nSPS) is 19.2. The molecule has 2 aliphatic rings. The predicted octanol–water partition coefficient (Wildman–Crippen LogP) is 1.99. The molecule has 0 spiro atoms. The molecule has 11 nitrogen and oxygen atoms in total. The molecule has 2 atom stereocenters. The van der Waals surface area contributed by atoms with Crippen LogP contribution in [0.5, 0.6) is 5.75 Å². The van der Waals surface area contributed by atoms with Crippen molar-refractivity contribution in [2.24, 2.45) is 0 Å². The topological polar surface area (TPSA) is 113 Å². The highest BCUT2D eigenvalue weighted by Crippen LogP contribution is 2.29. The van der Waals surface area contributed by atoms with Crippen molar-refractivity contribution in [2.45, 2.75) is 38.0 Å². The van der Waals surface area contributed by atoms with Crippen LogP contribution in [0.1, 0.15) is 19.8 Å². The first-order chi connectivity index (χ1) is 18.4. The largest absolute Gasteiger partial charge is 0.491 e. The van der Waals surface area contributed by atoms with Crippen molar-refractivity contribution < 1.29 is 24.1 Å². The van der Waals surface area contributed by atoms with E-state index in [0.29, 0.717) is 43.8 Å². The lowest BCUT2D eigenvalue weighted by Crippen LogP contribution is -2.54. The lowest BCUT2D eigenvalue weighted by molar-refractivity contribution is 0.0853. The highest BCUT2D eigenvalue weighted by Gasteiger charge is 2.30. The number of nitrogens with zero attached hydrogens (tertiary/aromatic N) is 5. The van der Waals surface area contributed by atoms with Gasteiger partial charge in [-0.3, -0.25) is 0 Å². The Morgan fingerprint density at radius 3 is 2.76 bits per heavy atom. The van der Waals surface area contributed by atoms with Crippen molar-refractivity contribution >= 4 is 17.7 Å². The van der Waals surface area contributed by atoms with Crippen molar-refractivity contribution in [1.82, 2.24) is 20.2 Å². The number of hydrogen-bond donors (Lipinski definition) is 2. The van der Waals surface area contributed by atoms with Crippen molar-refractivity contribution in [3.8, 4) is 17.1 Å². The van der Waals surface area contributed by atoms with Gasteiger partial charge < -0.3 is 39.3 Å². The van der Waals surface area contributed by atoms with Crippen LogP contribution in [-0.2, 0) is 9.47 Å². The fourth-order valence-corrected chi connectivity index (χ4v) is 4.92. The van der Waals surface area contributed by atoms with E-state index < -0.39 is 6.10 Å². The molecule has 2 N–H and O–H groups in total. The average molecular weight is 529 g/mol. The molecule has 208 valence electrons. The van der Waals surface area contributed by atoms with E-state index >= 15 is 0 Å². The van der Waals surface area contributed by atoms with Gasteiger partial charge in [0.1, 0.15) is 30.1 Å². The van der Waals surface area contributed by atoms with Gasteiger partial charge in [0.15, 0.2) is 5.82 Å². The zero-order valence-corrected chi connectivity index (χ0v) is 22.8. The number of carbonyl (C=O) groups excluding carboxylic acids is 1. The van der Waals surface area contributed by atoms with Crippen LogP contribution in [0.2, 0.25) is 0 Å². The second-order valence-corrected chi connectivity index (χ2v) is 9.87. The third-order valence-corrected chi connectivity index (χ3v) is 7.13. The van der Waals surface area contributed by atoms with Gasteiger partial charge in [-0.1, -0.05) is 12.1 Å². The van der Waals surface area contributed by atoms with Gasteiger partial charge in [-0.05, 0) is 38.9 Å². The van der Waals surface area contributed by atoms with E-state index in [4.69, 9.17) is 24.2 Å². The summed E-state index contributed by atoms with van der Waals surface area (Å²) < 4.78 is 16.4. The van der Waals surface area contributed by atoms with Gasteiger partial charge in [0.05, 0.1) is 7.11 Å². The summed E-state index contributed by atoms with van der Waals surface area (Å²) in [6.45, 7) is 5.97. The molecule has 38 heavy (non-hydrogen) atoms. The Hall–Kier alpha value is -3.15. The number of aliphatic hydroxyl groups excluding tert-OH is 1. The van der Waals surface area contributed by atoms with Gasteiger partial charge in [0.2, 0.25) is 0 Å². The van der Waals surface area contributed by atoms with Crippen LogP contribution < -0.4 is 19.9 Å². The highest BCUT2D eigenvalue weighted by molar-refractivity contribution is 5.69. The molecule has 4 rings (SSSR count). The molecule has 11 heteroatoms. The van der Waals surface area contributed by atoms with Crippen LogP contribution in [0.25, 0.3) is 11.4 Å². The zero-order valence-electron chi connectivity index (χ0n) is 22.8. The second-order valence-electron chi connectivity index (χ2n) is 9.87. The lowest BCUT2D eigenvalue weighted by atomic mass is 10.1. The third kappa shape index (κ3) is 6.83. The third-order valence-electron chi connectivity index (χ3n) is 7.13. The number of carbonyl (C=O) groups is 1. The Balaban J connectivity index is 1.62. The molecule has 0 saturated carbocycles. The molecule has 2 aliphatic heterocycles. The Kier molecular flexibility index (Phi) is 9.59. The number of benzene rings is 1. The van der Waals surface area contributed by atoms with Crippen LogP contribution in [0.4, 0.5) is 16.4 Å². The number of nitrogens with one attached hydrogen (secondary N) is 1. The molecule has 2 saturated heterocycles. The second kappa shape index (κ2) is 13.1. The predicted molar refractivity (Wildman–Crippen MR) is 146 cm³/mol. The van der Waals surface area contributed by atoms with Crippen molar-refractivity contribution in [3.63, 3.8) is 0 Å². The van der Waals surface area contributed by atoms with Gasteiger partial charge >= 0.3 is 6.09 Å². The van der Waals surface area contributed by atoms with E-state index in [-0.39, 0.29) is 18.7 Å². The van der Waals surface area contributed by atoms with E-state index in [2.05, 4.69) is 22.2 Å². The number of rotatable bonds is 9. The van der Waals surface area contributed by atoms with Crippen LogP contribution in [0.15, 0.2) is 30.3 Å². The summed E-state index contributed by atoms with van der Waals surface area (Å²) in [6.07, 6.45) is 0.974. The molecule has 1 aromatic carbocycles. The number of ether oxygens (including phenoxy) is 3. The number of hydrogen-bond acceptors (Lipinski definition) is 10. The summed E-state index contributed by atoms with van der Waals surface area (Å²) >= 11 is 0. The molecule has 0 radical (unpaired) electrons. The van der Waals surface area contributed by atoms with Crippen molar-refractivity contribution in [1.29, 1.82) is 0 Å². The van der Waals surface area contributed by atoms with Crippen LogP contribution in [0, 0.1) is 0 Å². The fraction of sp³-hybridized carbons (Fsp3) is 0.593. The summed E-state index contributed by atoms with van der Waals surface area (Å²) in [5.41, 5.74) is 0.829. The lowest BCUT2D eigenvalue weighted by Gasteiger charge is -2.40. The Morgan fingerprint density at radius 1 is 1.26 bits per heavy atom. The van der Waals surface area contributed by atoms with Crippen LogP contribution in [0.3, 0.4) is 0 Å². The fourth-order valence-electron chi connectivity index (χ4n) is 4.92. The Labute approximate surface area is 224 Å². The maximum absolute atomic E-state index is 12.2. The number of amides is 1. The molecule has 2 fully saturated rings. The first-order valence-corrected chi connectivity index (χ1v) is 13.2. The van der Waals surface area contributed by atoms with Gasteiger partial charge in [-0.25, -0.2) is 14.8 Å². The molecule has 1 aromatic heterocycles. The number of methoxy groups -OCH3 is 1. The molecule has 2 unspecified atom stereocenters. The van der Waals surface area contributed by atoms with Crippen molar-refractivity contribution in [3.05, 3.63) is 30.3 Å². The van der Waals surface area contributed by atoms with E-state index in [1.54, 1.807) is 11.9 Å². The molecule has 0 aliphatic carbocycles. The summed E-state index contributed by atoms with van der Waals surface area (Å²) in [5.74, 6) is 2.90. The van der Waals surface area contributed by atoms with Gasteiger partial charge in [-0.2, -0.15) is 0 Å². The monoisotopic (exact) mass is 528 g/mol. The summed E-state index contributed by atoms with van der Waals surface area (Å²) in [4.78, 5) is 28.2. The summed E-state index contributed by atoms with van der Waals surface area (Å²) in [5, 5.41) is 13.0. The van der Waals surface area contributed by atoms with Gasteiger partial charge in [-0.15, -0.1) is 0 Å². The number of anilines is 2. The summed E-state index contributed by atoms with van der Waals surface area (Å²) in [7, 11) is 5.28. The number of aliphatic hydroxyl groups is 1. The first-order valence-electron chi connectivity index (χ1n) is 13.2. The maximum Gasteiger partial charge on any atom is 0.409 e. The minimum atomic E-state index is -0.603. The van der Waals surface area contributed by atoms with E-state index in [1.165, 1.54) is 7.11 Å². The standard InChI is InChI=1S/C27H40N6O5/c1-19-17-32(10-11-33(19)27(35)36-4)25-15-24(31(3)21-8-12-37-13-9-21)29-26(30-25)20-6-5-7-23(14-20)38-18-22(34)16-28-2/h5-7,14-15,19,21-22,28,34H,8-13,16-18H2,1-4H3. The number of piperazine rings is 1. The molecule has 3 heterocycles. The zero-order chi connectivity index (χ0) is 27.1. The van der Waals surface area contributed by atoms with E-state index in [1.807, 2.05) is 37.3 Å². The Morgan fingerprint density at radius 2 is 2.05 bits per heavy atom. The minimum Gasteiger partial charge on any atom is -0.491 e. The number of likely N-dealkylation sites (N-methyl/N-ethyl adjacent to an activating group) is 1. The first kappa shape index (κ1) is 27.9. The van der Waals surface area contributed by atoms with Gasteiger partial charge in [0, 0.05) is 70.2 Å². The molecule has 1 amide bonds. The maximum atomic E-state index is 12.2. The quantitative estimate of drug-likeness (QED) is 0.501. The summed E-state index contributed by atoms with van der Waals surface area (Å²) in [6, 6.07) is 9.98. The highest BCUT2D eigenvalue weighted by atomic mass is 16.5. The SMILES string of the molecule is CNCC(O)COc1cccc(-c2nc(N3CCN(C(=O)OC)C(C)C3)cc(N(C)C3CCOCC3)n2)c1. The minimum absolute atomic E-state index is 0.0212. The van der Waals surface area contributed by atoms with Crippen LogP contribution in [-0.4, -0.2) is 111 Å². The van der Waals surface area contributed by atoms with E-state index in [0.717, 1.165) is 43.3 Å². The smallest absolute Gasteiger partial charge is 0.409 e. The van der Waals surface area contributed by atoms with Gasteiger partial charge in [0.25, 0.3) is 0 Å². The molecule has 2 aromatic rings. The van der Waals surface area contributed by atoms with Crippen molar-refractivity contribution in [2.75, 3.05) is 77.0 Å². The average Bonchev–Trinajstić information content (AvgIpc) is 2.95. The molecular formula is C27H40N6O5. The molecular weight excluding hydrogens is 488 g/mol. The Bertz CT molecular complexity index is 1070. The van der Waals surface area contributed by atoms with E-state index in [9.17, 15) is 9.90 Å².